The Morgan fingerprint density at radius 2 is 2.22 bits per heavy atom. The summed E-state index contributed by atoms with van der Waals surface area (Å²) in [6, 6.07) is 4.66. The fourth-order valence-corrected chi connectivity index (χ4v) is 1.47. The third kappa shape index (κ3) is 2.65. The number of hydrogen-bond acceptors (Lipinski definition) is 5. The summed E-state index contributed by atoms with van der Waals surface area (Å²) in [5.74, 6) is 0.803. The number of phenols is 1. The third-order valence-electron chi connectivity index (χ3n) is 2.44. The van der Waals surface area contributed by atoms with Crippen LogP contribution < -0.4 is 5.32 Å². The van der Waals surface area contributed by atoms with Gasteiger partial charge in [0.15, 0.2) is 5.82 Å². The number of carbonyl (C=O) groups excluding carboxylic acids is 1. The number of aryl methyl sites for hydroxylation is 2. The second-order valence-corrected chi connectivity index (χ2v) is 3.91. The number of carbonyl (C=O) groups is 1. The minimum Gasteiger partial charge on any atom is -0.508 e. The monoisotopic (exact) mass is 247 g/mol. The van der Waals surface area contributed by atoms with Crippen LogP contribution in [0.3, 0.4) is 0 Å². The van der Waals surface area contributed by atoms with Crippen molar-refractivity contribution in [3.05, 3.63) is 41.0 Å². The zero-order valence-corrected chi connectivity index (χ0v) is 10.1. The van der Waals surface area contributed by atoms with Crippen molar-refractivity contribution in [2.24, 2.45) is 0 Å². The lowest BCUT2D eigenvalue weighted by molar-refractivity contribution is 0.0949. The van der Waals surface area contributed by atoms with E-state index in [1.807, 2.05) is 0 Å². The van der Waals surface area contributed by atoms with E-state index in [0.717, 1.165) is 0 Å². The van der Waals surface area contributed by atoms with Gasteiger partial charge in [-0.25, -0.2) is 0 Å². The maximum absolute atomic E-state index is 11.8. The van der Waals surface area contributed by atoms with Gasteiger partial charge in [-0.1, -0.05) is 5.16 Å². The van der Waals surface area contributed by atoms with Crippen LogP contribution in [0.15, 0.2) is 22.7 Å². The van der Waals surface area contributed by atoms with Crippen LogP contribution in [0.2, 0.25) is 0 Å². The average Bonchev–Trinajstić information content (AvgIpc) is 2.75. The number of aromatic nitrogens is 2. The van der Waals surface area contributed by atoms with Crippen LogP contribution in [0.4, 0.5) is 0 Å². The Morgan fingerprint density at radius 3 is 2.83 bits per heavy atom. The molecule has 0 aliphatic heterocycles. The summed E-state index contributed by atoms with van der Waals surface area (Å²) in [7, 11) is 0. The molecule has 0 aliphatic carbocycles. The van der Waals surface area contributed by atoms with E-state index in [2.05, 4.69) is 15.5 Å². The Bertz CT molecular complexity index is 578. The van der Waals surface area contributed by atoms with Crippen LogP contribution in [0.1, 0.15) is 27.6 Å². The molecule has 1 heterocycles. The highest BCUT2D eigenvalue weighted by Gasteiger charge is 2.09. The van der Waals surface area contributed by atoms with E-state index >= 15 is 0 Å². The topological polar surface area (TPSA) is 88.2 Å². The van der Waals surface area contributed by atoms with Gasteiger partial charge in [-0.2, -0.15) is 4.98 Å². The quantitative estimate of drug-likeness (QED) is 0.854. The van der Waals surface area contributed by atoms with E-state index in [0.29, 0.717) is 22.8 Å². The molecule has 6 heteroatoms. The SMILES string of the molecule is Cc1nc(CNC(=O)c2ccc(O)c(C)c2)no1. The maximum atomic E-state index is 11.8. The first-order valence-corrected chi connectivity index (χ1v) is 5.43. The van der Waals surface area contributed by atoms with Crippen LogP contribution in [0, 0.1) is 13.8 Å². The molecule has 0 saturated heterocycles. The molecular formula is C12H13N3O3. The molecule has 0 bridgehead atoms. The van der Waals surface area contributed by atoms with Gasteiger partial charge < -0.3 is 14.9 Å². The summed E-state index contributed by atoms with van der Waals surface area (Å²) in [5, 5.41) is 15.7. The Hall–Kier alpha value is -2.37. The Morgan fingerprint density at radius 1 is 1.44 bits per heavy atom. The fraction of sp³-hybridized carbons (Fsp3) is 0.250. The van der Waals surface area contributed by atoms with Crippen molar-refractivity contribution >= 4 is 5.91 Å². The van der Waals surface area contributed by atoms with Gasteiger partial charge >= 0.3 is 0 Å². The van der Waals surface area contributed by atoms with Gasteiger partial charge in [-0.05, 0) is 30.7 Å². The molecule has 0 spiro atoms. The summed E-state index contributed by atoms with van der Waals surface area (Å²) in [4.78, 5) is 15.8. The molecule has 0 atom stereocenters. The van der Waals surface area contributed by atoms with Gasteiger partial charge in [0.05, 0.1) is 6.54 Å². The smallest absolute Gasteiger partial charge is 0.251 e. The second-order valence-electron chi connectivity index (χ2n) is 3.91. The van der Waals surface area contributed by atoms with Gasteiger partial charge in [-0.15, -0.1) is 0 Å². The molecule has 6 nitrogen and oxygen atoms in total. The number of amides is 1. The molecule has 1 amide bonds. The molecule has 2 rings (SSSR count). The largest absolute Gasteiger partial charge is 0.508 e. The van der Waals surface area contributed by atoms with E-state index in [-0.39, 0.29) is 18.2 Å². The first-order chi connectivity index (χ1) is 8.56. The van der Waals surface area contributed by atoms with Crippen molar-refractivity contribution < 1.29 is 14.4 Å². The van der Waals surface area contributed by atoms with Crippen molar-refractivity contribution in [3.8, 4) is 5.75 Å². The minimum atomic E-state index is -0.249. The lowest BCUT2D eigenvalue weighted by Gasteiger charge is -2.04. The van der Waals surface area contributed by atoms with Crippen molar-refractivity contribution in [1.29, 1.82) is 0 Å². The van der Waals surface area contributed by atoms with Crippen molar-refractivity contribution in [2.75, 3.05) is 0 Å². The van der Waals surface area contributed by atoms with Crippen LogP contribution in [-0.2, 0) is 6.54 Å². The van der Waals surface area contributed by atoms with E-state index < -0.39 is 0 Å². The van der Waals surface area contributed by atoms with Gasteiger partial charge in [-0.3, -0.25) is 4.79 Å². The number of benzene rings is 1. The zero-order valence-electron chi connectivity index (χ0n) is 10.1. The number of nitrogens with one attached hydrogen (secondary N) is 1. The lowest BCUT2D eigenvalue weighted by atomic mass is 10.1. The molecule has 1 aromatic heterocycles. The van der Waals surface area contributed by atoms with E-state index in [9.17, 15) is 9.90 Å². The Labute approximate surface area is 104 Å². The number of nitrogens with zero attached hydrogens (tertiary/aromatic N) is 2. The molecule has 0 fully saturated rings. The first-order valence-electron chi connectivity index (χ1n) is 5.43. The van der Waals surface area contributed by atoms with Crippen LogP contribution in [0.5, 0.6) is 5.75 Å². The maximum Gasteiger partial charge on any atom is 0.251 e. The summed E-state index contributed by atoms with van der Waals surface area (Å²) >= 11 is 0. The molecule has 2 N–H and O–H groups in total. The van der Waals surface area contributed by atoms with Crippen molar-refractivity contribution in [1.82, 2.24) is 15.5 Å². The van der Waals surface area contributed by atoms with Gasteiger partial charge in [0.2, 0.25) is 5.89 Å². The van der Waals surface area contributed by atoms with Crippen molar-refractivity contribution in [2.45, 2.75) is 20.4 Å². The summed E-state index contributed by atoms with van der Waals surface area (Å²) < 4.78 is 4.79. The first kappa shape index (κ1) is 12.1. The average molecular weight is 247 g/mol. The lowest BCUT2D eigenvalue weighted by Crippen LogP contribution is -2.23. The summed E-state index contributed by atoms with van der Waals surface area (Å²) in [6.07, 6.45) is 0. The summed E-state index contributed by atoms with van der Waals surface area (Å²) in [6.45, 7) is 3.62. The highest BCUT2D eigenvalue weighted by atomic mass is 16.5. The highest BCUT2D eigenvalue weighted by Crippen LogP contribution is 2.16. The second kappa shape index (κ2) is 4.87. The number of hydrogen-bond donors (Lipinski definition) is 2. The van der Waals surface area contributed by atoms with Crippen molar-refractivity contribution in [3.63, 3.8) is 0 Å². The molecular weight excluding hydrogens is 234 g/mol. The molecule has 2 aromatic rings. The number of aromatic hydroxyl groups is 1. The fourth-order valence-electron chi connectivity index (χ4n) is 1.47. The van der Waals surface area contributed by atoms with Gasteiger partial charge in [0, 0.05) is 12.5 Å². The number of rotatable bonds is 3. The third-order valence-corrected chi connectivity index (χ3v) is 2.44. The predicted octanol–water partition coefficient (Wildman–Crippen LogP) is 1.32. The molecule has 1 aromatic carbocycles. The Balaban J connectivity index is 2.01. The standard InChI is InChI=1S/C12H13N3O3/c1-7-5-9(3-4-10(7)16)12(17)13-6-11-14-8(2)18-15-11/h3-5,16H,6H2,1-2H3,(H,13,17). The molecule has 0 unspecified atom stereocenters. The normalized spacial score (nSPS) is 10.3. The summed E-state index contributed by atoms with van der Waals surface area (Å²) in [5.41, 5.74) is 1.13. The van der Waals surface area contributed by atoms with Crippen LogP contribution >= 0.6 is 0 Å². The highest BCUT2D eigenvalue weighted by molar-refractivity contribution is 5.94. The van der Waals surface area contributed by atoms with Crippen LogP contribution in [-0.4, -0.2) is 21.2 Å². The number of phenolic OH excluding ortho intramolecular Hbond substituents is 1. The van der Waals surface area contributed by atoms with E-state index in [4.69, 9.17) is 4.52 Å². The molecule has 0 radical (unpaired) electrons. The van der Waals surface area contributed by atoms with Gasteiger partial charge in [0.1, 0.15) is 5.75 Å². The molecule has 94 valence electrons. The zero-order chi connectivity index (χ0) is 13.1. The molecule has 18 heavy (non-hydrogen) atoms. The Kier molecular flexibility index (Phi) is 3.27. The van der Waals surface area contributed by atoms with E-state index in [1.165, 1.54) is 6.07 Å². The molecule has 0 saturated carbocycles. The predicted molar refractivity (Wildman–Crippen MR) is 63.0 cm³/mol. The van der Waals surface area contributed by atoms with Crippen LogP contribution in [0.25, 0.3) is 0 Å². The van der Waals surface area contributed by atoms with E-state index in [1.54, 1.807) is 26.0 Å². The minimum absolute atomic E-state index is 0.167. The van der Waals surface area contributed by atoms with Gasteiger partial charge in [0.25, 0.3) is 5.91 Å². The molecule has 0 aliphatic rings.